The Hall–Kier alpha value is -1.51. The summed E-state index contributed by atoms with van der Waals surface area (Å²) in [6, 6.07) is 8.80. The van der Waals surface area contributed by atoms with E-state index in [-0.39, 0.29) is 11.0 Å². The molecule has 0 atom stereocenters. The number of benzene rings is 1. The molecule has 0 saturated carbocycles. The van der Waals surface area contributed by atoms with Crippen LogP contribution in [0.2, 0.25) is 0 Å². The quantitative estimate of drug-likeness (QED) is 0.584. The van der Waals surface area contributed by atoms with Crippen LogP contribution in [0, 0.1) is 0 Å². The zero-order chi connectivity index (χ0) is 13.0. The number of rotatable bonds is 2. The fourth-order valence-electron chi connectivity index (χ4n) is 1.16. The monoisotopic (exact) mass is 296 g/mol. The standard InChI is InChI=1S/C10H8N4OS3/c15-7(6-4-2-1-3-5-6)11-8(16)12-9-13-14-10(17)18-9/h1-5H,(H,14,17)(H2,11,12,13,15,16). The number of aromatic nitrogens is 2. The van der Waals surface area contributed by atoms with Gasteiger partial charge in [0.1, 0.15) is 0 Å². The molecule has 1 heterocycles. The highest BCUT2D eigenvalue weighted by atomic mass is 32.2. The molecule has 2 N–H and O–H groups in total. The van der Waals surface area contributed by atoms with E-state index in [9.17, 15) is 4.79 Å². The molecule has 0 aliphatic carbocycles. The summed E-state index contributed by atoms with van der Waals surface area (Å²) in [5.74, 6) is -0.274. The molecule has 1 aromatic carbocycles. The second-order valence-electron chi connectivity index (χ2n) is 3.16. The van der Waals surface area contributed by atoms with Crippen LogP contribution in [0.3, 0.4) is 0 Å². The summed E-state index contributed by atoms with van der Waals surface area (Å²) in [6.45, 7) is 0. The van der Waals surface area contributed by atoms with Crippen molar-refractivity contribution in [1.29, 1.82) is 0 Å². The number of thiol groups is 1. The Bertz CT molecular complexity index is 570. The van der Waals surface area contributed by atoms with Gasteiger partial charge in [0, 0.05) is 5.56 Å². The average Bonchev–Trinajstić information content (AvgIpc) is 2.75. The van der Waals surface area contributed by atoms with Gasteiger partial charge in [0.05, 0.1) is 0 Å². The van der Waals surface area contributed by atoms with Crippen molar-refractivity contribution in [3.05, 3.63) is 35.9 Å². The molecule has 5 nitrogen and oxygen atoms in total. The molecule has 0 radical (unpaired) electrons. The van der Waals surface area contributed by atoms with E-state index in [1.807, 2.05) is 6.07 Å². The van der Waals surface area contributed by atoms with Gasteiger partial charge >= 0.3 is 0 Å². The Labute approximate surface area is 118 Å². The SMILES string of the molecule is O=C(NC(=S)Nc1nnc(S)s1)c1ccccc1. The minimum atomic E-state index is -0.274. The molecule has 1 aromatic heterocycles. The maximum Gasteiger partial charge on any atom is 0.257 e. The van der Waals surface area contributed by atoms with E-state index in [0.29, 0.717) is 15.0 Å². The van der Waals surface area contributed by atoms with Gasteiger partial charge in [-0.25, -0.2) is 0 Å². The van der Waals surface area contributed by atoms with E-state index < -0.39 is 0 Å². The molecule has 0 unspecified atom stereocenters. The van der Waals surface area contributed by atoms with Crippen molar-refractivity contribution in [2.24, 2.45) is 0 Å². The lowest BCUT2D eigenvalue weighted by atomic mass is 10.2. The lowest BCUT2D eigenvalue weighted by molar-refractivity contribution is 0.0978. The third-order valence-corrected chi connectivity index (χ3v) is 3.11. The number of hydrogen-bond donors (Lipinski definition) is 3. The highest BCUT2D eigenvalue weighted by Crippen LogP contribution is 2.17. The number of carbonyl (C=O) groups excluding carboxylic acids is 1. The van der Waals surface area contributed by atoms with Gasteiger partial charge in [0.2, 0.25) is 5.13 Å². The molecule has 0 spiro atoms. The van der Waals surface area contributed by atoms with Crippen molar-refractivity contribution in [2.45, 2.75) is 4.34 Å². The molecular weight excluding hydrogens is 288 g/mol. The molecule has 0 aliphatic heterocycles. The number of anilines is 1. The van der Waals surface area contributed by atoms with E-state index in [2.05, 4.69) is 33.5 Å². The smallest absolute Gasteiger partial charge is 0.257 e. The first-order chi connectivity index (χ1) is 8.65. The average molecular weight is 296 g/mol. The third-order valence-electron chi connectivity index (χ3n) is 1.90. The Morgan fingerprint density at radius 1 is 1.28 bits per heavy atom. The van der Waals surface area contributed by atoms with Crippen molar-refractivity contribution >= 4 is 52.3 Å². The van der Waals surface area contributed by atoms with Gasteiger partial charge in [0.25, 0.3) is 5.91 Å². The summed E-state index contributed by atoms with van der Waals surface area (Å²) < 4.78 is 0.523. The summed E-state index contributed by atoms with van der Waals surface area (Å²) in [6.07, 6.45) is 0. The van der Waals surface area contributed by atoms with Crippen LogP contribution in [-0.2, 0) is 0 Å². The van der Waals surface area contributed by atoms with Crippen molar-refractivity contribution in [3.8, 4) is 0 Å². The maximum absolute atomic E-state index is 11.8. The summed E-state index contributed by atoms with van der Waals surface area (Å²) in [7, 11) is 0. The highest BCUT2D eigenvalue weighted by Gasteiger charge is 2.08. The predicted octanol–water partition coefficient (Wildman–Crippen LogP) is 1.95. The lowest BCUT2D eigenvalue weighted by Crippen LogP contribution is -2.34. The van der Waals surface area contributed by atoms with Gasteiger partial charge in [-0.3, -0.25) is 10.1 Å². The first-order valence-corrected chi connectivity index (χ1v) is 6.52. The minimum Gasteiger partial charge on any atom is -0.307 e. The summed E-state index contributed by atoms with van der Waals surface area (Å²) in [4.78, 5) is 11.8. The molecule has 0 saturated heterocycles. The second-order valence-corrected chi connectivity index (χ2v) is 5.28. The minimum absolute atomic E-state index is 0.174. The molecule has 92 valence electrons. The van der Waals surface area contributed by atoms with Crippen LogP contribution < -0.4 is 10.6 Å². The first kappa shape index (κ1) is 12.9. The van der Waals surface area contributed by atoms with Gasteiger partial charge in [0.15, 0.2) is 9.45 Å². The molecule has 0 aliphatic rings. The predicted molar refractivity (Wildman–Crippen MR) is 77.3 cm³/mol. The number of nitrogens with zero attached hydrogens (tertiary/aromatic N) is 2. The van der Waals surface area contributed by atoms with Crippen LogP contribution in [0.4, 0.5) is 5.13 Å². The molecule has 0 bridgehead atoms. The highest BCUT2D eigenvalue weighted by molar-refractivity contribution is 7.82. The first-order valence-electron chi connectivity index (χ1n) is 4.85. The van der Waals surface area contributed by atoms with Crippen LogP contribution in [0.15, 0.2) is 34.7 Å². The molecular formula is C10H8N4OS3. The van der Waals surface area contributed by atoms with Crippen molar-refractivity contribution in [3.63, 3.8) is 0 Å². The number of hydrogen-bond acceptors (Lipinski definition) is 6. The Morgan fingerprint density at radius 3 is 2.61 bits per heavy atom. The largest absolute Gasteiger partial charge is 0.307 e. The molecule has 8 heteroatoms. The van der Waals surface area contributed by atoms with Gasteiger partial charge in [-0.2, -0.15) is 0 Å². The van der Waals surface area contributed by atoms with Crippen LogP contribution in [0.1, 0.15) is 10.4 Å². The lowest BCUT2D eigenvalue weighted by Gasteiger charge is -2.06. The fourth-order valence-corrected chi connectivity index (χ4v) is 2.21. The molecule has 2 rings (SSSR count). The van der Waals surface area contributed by atoms with Crippen LogP contribution in [0.25, 0.3) is 0 Å². The van der Waals surface area contributed by atoms with Crippen molar-refractivity contribution in [1.82, 2.24) is 15.5 Å². The van der Waals surface area contributed by atoms with Gasteiger partial charge in [-0.15, -0.1) is 22.8 Å². The second kappa shape index (κ2) is 5.89. The van der Waals surface area contributed by atoms with E-state index in [4.69, 9.17) is 12.2 Å². The van der Waals surface area contributed by atoms with E-state index in [0.717, 1.165) is 0 Å². The van der Waals surface area contributed by atoms with Gasteiger partial charge < -0.3 is 5.32 Å². The molecule has 2 aromatic rings. The molecule has 18 heavy (non-hydrogen) atoms. The maximum atomic E-state index is 11.8. The summed E-state index contributed by atoms with van der Waals surface area (Å²) in [5.41, 5.74) is 0.536. The number of carbonyl (C=O) groups is 1. The van der Waals surface area contributed by atoms with Crippen LogP contribution in [0.5, 0.6) is 0 Å². The number of thiocarbonyl (C=S) groups is 1. The zero-order valence-corrected chi connectivity index (χ0v) is 11.5. The van der Waals surface area contributed by atoms with E-state index in [1.165, 1.54) is 11.3 Å². The van der Waals surface area contributed by atoms with Crippen molar-refractivity contribution in [2.75, 3.05) is 5.32 Å². The Morgan fingerprint density at radius 2 is 2.00 bits per heavy atom. The van der Waals surface area contributed by atoms with Crippen LogP contribution >= 0.6 is 36.2 Å². The normalized spacial score (nSPS) is 9.83. The van der Waals surface area contributed by atoms with E-state index >= 15 is 0 Å². The molecule has 1 amide bonds. The number of nitrogens with one attached hydrogen (secondary N) is 2. The number of amides is 1. The van der Waals surface area contributed by atoms with E-state index in [1.54, 1.807) is 24.3 Å². The topological polar surface area (TPSA) is 66.9 Å². The third kappa shape index (κ3) is 3.49. The summed E-state index contributed by atoms with van der Waals surface area (Å²) in [5, 5.41) is 13.5. The Kier molecular flexibility index (Phi) is 4.24. The van der Waals surface area contributed by atoms with Crippen molar-refractivity contribution < 1.29 is 4.79 Å². The Balaban J connectivity index is 1.94. The van der Waals surface area contributed by atoms with Crippen LogP contribution in [-0.4, -0.2) is 21.2 Å². The van der Waals surface area contributed by atoms with Gasteiger partial charge in [-0.05, 0) is 24.4 Å². The van der Waals surface area contributed by atoms with Gasteiger partial charge in [-0.1, -0.05) is 29.5 Å². The zero-order valence-electron chi connectivity index (χ0n) is 8.95. The summed E-state index contributed by atoms with van der Waals surface area (Å²) >= 11 is 10.3. The molecule has 0 fully saturated rings. The fraction of sp³-hybridized carbons (Fsp3) is 0.